The summed E-state index contributed by atoms with van der Waals surface area (Å²) < 4.78 is 5.25. The minimum Gasteiger partial charge on any atom is -0.481 e. The molecule has 0 heterocycles. The van der Waals surface area contributed by atoms with Crippen molar-refractivity contribution in [2.24, 2.45) is 5.92 Å². The molecule has 5 nitrogen and oxygen atoms in total. The van der Waals surface area contributed by atoms with E-state index in [1.165, 1.54) is 0 Å². The normalized spacial score (nSPS) is 11.6. The van der Waals surface area contributed by atoms with Crippen molar-refractivity contribution < 1.29 is 14.6 Å². The van der Waals surface area contributed by atoms with Crippen LogP contribution >= 0.6 is 0 Å². The summed E-state index contributed by atoms with van der Waals surface area (Å²) in [7, 11) is 0. The van der Waals surface area contributed by atoms with Crippen molar-refractivity contribution >= 4 is 11.7 Å². The molecule has 0 fully saturated rings. The Balaban J connectivity index is 2.40. The second kappa shape index (κ2) is 9.69. The molecule has 1 aromatic carbocycles. The number of rotatable bonds is 8. The monoisotopic (exact) mass is 304 g/mol. The molecule has 2 amide bonds. The smallest absolute Gasteiger partial charge is 0.319 e. The highest BCUT2D eigenvalue weighted by atomic mass is 16.5. The maximum absolute atomic E-state index is 11.8. The number of benzene rings is 1. The predicted octanol–water partition coefficient (Wildman–Crippen LogP) is 2.62. The highest BCUT2D eigenvalue weighted by molar-refractivity contribution is 5.89. The van der Waals surface area contributed by atoms with Crippen LogP contribution in [0.2, 0.25) is 0 Å². The quantitative estimate of drug-likeness (QED) is 0.647. The fraction of sp³-hybridized carbons (Fsp3) is 0.471. The molecule has 0 bridgehead atoms. The molecule has 1 aromatic rings. The molecule has 0 aliphatic heterocycles. The summed E-state index contributed by atoms with van der Waals surface area (Å²) in [5.41, 5.74) is 0.641. The molecule has 3 N–H and O–H groups in total. The molecule has 0 saturated heterocycles. The Morgan fingerprint density at radius 1 is 1.32 bits per heavy atom. The van der Waals surface area contributed by atoms with Crippen molar-refractivity contribution in [2.45, 2.75) is 32.8 Å². The van der Waals surface area contributed by atoms with E-state index in [2.05, 4.69) is 16.6 Å². The van der Waals surface area contributed by atoms with Crippen molar-refractivity contribution in [3.8, 4) is 18.1 Å². The lowest BCUT2D eigenvalue weighted by molar-refractivity contribution is 0.104. The highest BCUT2D eigenvalue weighted by Gasteiger charge is 2.16. The third kappa shape index (κ3) is 6.06. The molecular weight excluding hydrogens is 280 g/mol. The first kappa shape index (κ1) is 17.9. The Hall–Kier alpha value is -2.19. The molecule has 1 unspecified atom stereocenters. The van der Waals surface area contributed by atoms with Gasteiger partial charge in [-0.2, -0.15) is 0 Å². The average molecular weight is 304 g/mol. The van der Waals surface area contributed by atoms with E-state index in [0.717, 1.165) is 12.8 Å². The number of carbonyl (C=O) groups is 1. The Kier molecular flexibility index (Phi) is 7.87. The molecule has 1 atom stereocenters. The molecule has 0 aliphatic rings. The van der Waals surface area contributed by atoms with E-state index in [1.807, 2.05) is 13.8 Å². The summed E-state index contributed by atoms with van der Waals surface area (Å²) in [5.74, 6) is 3.23. The van der Waals surface area contributed by atoms with Crippen molar-refractivity contribution in [3.63, 3.8) is 0 Å². The molecular formula is C17H24N2O3. The highest BCUT2D eigenvalue weighted by Crippen LogP contribution is 2.15. The molecule has 0 aromatic heterocycles. The van der Waals surface area contributed by atoms with Crippen LogP contribution in [0.1, 0.15) is 26.7 Å². The van der Waals surface area contributed by atoms with Crippen LogP contribution in [0.15, 0.2) is 24.3 Å². The fourth-order valence-corrected chi connectivity index (χ4v) is 2.13. The Morgan fingerprint density at radius 3 is 2.50 bits per heavy atom. The number of aliphatic hydroxyl groups is 1. The van der Waals surface area contributed by atoms with Crippen molar-refractivity contribution in [1.82, 2.24) is 5.32 Å². The Labute approximate surface area is 132 Å². The third-order valence-electron chi connectivity index (χ3n) is 3.50. The van der Waals surface area contributed by atoms with Gasteiger partial charge < -0.3 is 20.5 Å². The average Bonchev–Trinajstić information content (AvgIpc) is 2.53. The molecule has 120 valence electrons. The van der Waals surface area contributed by atoms with E-state index < -0.39 is 6.10 Å². The van der Waals surface area contributed by atoms with Crippen LogP contribution in [-0.2, 0) is 0 Å². The van der Waals surface area contributed by atoms with Gasteiger partial charge in [0, 0.05) is 12.2 Å². The molecule has 1 rings (SSSR count). The maximum atomic E-state index is 11.8. The molecule has 0 radical (unpaired) electrons. The number of amides is 2. The minimum atomic E-state index is -0.528. The van der Waals surface area contributed by atoms with Crippen LogP contribution in [0.25, 0.3) is 0 Å². The van der Waals surface area contributed by atoms with Crippen LogP contribution < -0.4 is 15.4 Å². The van der Waals surface area contributed by atoms with Crippen molar-refractivity contribution in [2.75, 3.05) is 18.5 Å². The summed E-state index contributed by atoms with van der Waals surface area (Å²) in [4.78, 5) is 11.8. The van der Waals surface area contributed by atoms with E-state index in [0.29, 0.717) is 11.4 Å². The van der Waals surface area contributed by atoms with Crippen LogP contribution in [0, 0.1) is 18.3 Å². The van der Waals surface area contributed by atoms with Gasteiger partial charge in [0.05, 0.1) is 6.10 Å². The number of hydrogen-bond acceptors (Lipinski definition) is 3. The van der Waals surface area contributed by atoms with Gasteiger partial charge in [-0.15, -0.1) is 6.42 Å². The number of anilines is 1. The fourth-order valence-electron chi connectivity index (χ4n) is 2.13. The lowest BCUT2D eigenvalue weighted by Crippen LogP contribution is -2.38. The van der Waals surface area contributed by atoms with Gasteiger partial charge in [-0.25, -0.2) is 4.79 Å². The number of carbonyl (C=O) groups excluding carboxylic acids is 1. The first-order chi connectivity index (χ1) is 10.6. The van der Waals surface area contributed by atoms with Gasteiger partial charge in [-0.3, -0.25) is 0 Å². The van der Waals surface area contributed by atoms with Crippen LogP contribution in [0.5, 0.6) is 5.75 Å². The van der Waals surface area contributed by atoms with Gasteiger partial charge in [-0.05, 0) is 30.2 Å². The zero-order chi connectivity index (χ0) is 16.4. The van der Waals surface area contributed by atoms with E-state index >= 15 is 0 Å². The van der Waals surface area contributed by atoms with Gasteiger partial charge in [0.2, 0.25) is 0 Å². The minimum absolute atomic E-state index is 0.202. The second-order valence-corrected chi connectivity index (χ2v) is 5.00. The lowest BCUT2D eigenvalue weighted by Gasteiger charge is -2.20. The number of hydrogen-bond donors (Lipinski definition) is 3. The number of ether oxygens (including phenoxy) is 1. The summed E-state index contributed by atoms with van der Waals surface area (Å²) in [6.45, 7) is 4.51. The van der Waals surface area contributed by atoms with Gasteiger partial charge >= 0.3 is 6.03 Å². The van der Waals surface area contributed by atoms with Gasteiger partial charge in [0.25, 0.3) is 0 Å². The number of aliphatic hydroxyl groups excluding tert-OH is 1. The molecule has 22 heavy (non-hydrogen) atoms. The van der Waals surface area contributed by atoms with Gasteiger partial charge in [-0.1, -0.05) is 32.6 Å². The third-order valence-corrected chi connectivity index (χ3v) is 3.50. The summed E-state index contributed by atoms with van der Waals surface area (Å²) in [6.07, 6.45) is 6.36. The van der Waals surface area contributed by atoms with E-state index in [-0.39, 0.29) is 25.1 Å². The first-order valence-corrected chi connectivity index (χ1v) is 7.49. The topological polar surface area (TPSA) is 70.6 Å². The second-order valence-electron chi connectivity index (χ2n) is 5.00. The van der Waals surface area contributed by atoms with Crippen LogP contribution in [-0.4, -0.2) is 30.4 Å². The molecule has 0 saturated carbocycles. The number of nitrogens with one attached hydrogen (secondary N) is 2. The molecule has 0 aliphatic carbocycles. The predicted molar refractivity (Wildman–Crippen MR) is 87.9 cm³/mol. The lowest BCUT2D eigenvalue weighted by atomic mass is 9.97. The van der Waals surface area contributed by atoms with E-state index in [9.17, 15) is 9.90 Å². The van der Waals surface area contributed by atoms with Crippen molar-refractivity contribution in [1.29, 1.82) is 0 Å². The molecule has 0 spiro atoms. The summed E-state index contributed by atoms with van der Waals surface area (Å²) in [5, 5.41) is 15.3. The van der Waals surface area contributed by atoms with E-state index in [4.69, 9.17) is 11.2 Å². The van der Waals surface area contributed by atoms with E-state index in [1.54, 1.807) is 24.3 Å². The van der Waals surface area contributed by atoms with Crippen LogP contribution in [0.3, 0.4) is 0 Å². The Bertz CT molecular complexity index is 490. The van der Waals surface area contributed by atoms with Gasteiger partial charge in [0.1, 0.15) is 12.4 Å². The number of urea groups is 1. The van der Waals surface area contributed by atoms with Crippen LogP contribution in [0.4, 0.5) is 10.5 Å². The number of terminal acetylenes is 1. The zero-order valence-electron chi connectivity index (χ0n) is 13.1. The summed E-state index contributed by atoms with van der Waals surface area (Å²) >= 11 is 0. The Morgan fingerprint density at radius 2 is 1.95 bits per heavy atom. The first-order valence-electron chi connectivity index (χ1n) is 7.49. The zero-order valence-corrected chi connectivity index (χ0v) is 13.1. The largest absolute Gasteiger partial charge is 0.481 e. The summed E-state index contributed by atoms with van der Waals surface area (Å²) in [6, 6.07) is 6.56. The molecule has 5 heteroatoms. The van der Waals surface area contributed by atoms with Gasteiger partial charge in [0.15, 0.2) is 0 Å². The van der Waals surface area contributed by atoms with Crippen molar-refractivity contribution in [3.05, 3.63) is 24.3 Å². The standard InChI is InChI=1S/C17H24N2O3/c1-4-11-22-15-9-7-14(8-10-15)19-17(21)18-12-16(20)13(5-2)6-3/h1,7-10,13,16,20H,5-6,11-12H2,2-3H3,(H2,18,19,21). The maximum Gasteiger partial charge on any atom is 0.319 e. The SMILES string of the molecule is C#CCOc1ccc(NC(=O)NCC(O)C(CC)CC)cc1.